The molecule has 0 atom stereocenters. The smallest absolute Gasteiger partial charge is 0.278 e. The molecule has 0 saturated heterocycles. The number of aromatic nitrogens is 3. The molecule has 3 aromatic rings. The average molecular weight is 462 g/mol. The standard InChI is InChI=1S/C26H31N5O3/c1-18-14-20(15-22(28-18)21-17-27-30(2)26(21)34)25(33)29-24-16-19-10-6-7-11-23(19)31(24)12-8-4-3-5-9-13-32/h6-7,10-11,14-15,17,27,32H,3-5,8-9,12-13,16H2,1-2H3. The van der Waals surface area contributed by atoms with E-state index in [0.29, 0.717) is 28.9 Å². The predicted molar refractivity (Wildman–Crippen MR) is 133 cm³/mol. The summed E-state index contributed by atoms with van der Waals surface area (Å²) in [4.78, 5) is 36.7. The van der Waals surface area contributed by atoms with Gasteiger partial charge in [-0.15, -0.1) is 0 Å². The van der Waals surface area contributed by atoms with Crippen molar-refractivity contribution < 1.29 is 9.90 Å². The van der Waals surface area contributed by atoms with E-state index in [-0.39, 0.29) is 18.1 Å². The summed E-state index contributed by atoms with van der Waals surface area (Å²) in [5, 5.41) is 11.8. The van der Waals surface area contributed by atoms with Gasteiger partial charge in [-0.3, -0.25) is 19.3 Å². The van der Waals surface area contributed by atoms with Crippen LogP contribution in [0.25, 0.3) is 11.3 Å². The van der Waals surface area contributed by atoms with Crippen LogP contribution >= 0.6 is 0 Å². The second kappa shape index (κ2) is 10.6. The van der Waals surface area contributed by atoms with Gasteiger partial charge in [-0.2, -0.15) is 4.99 Å². The number of fused-ring (bicyclic) bond motifs is 1. The molecule has 0 unspecified atom stereocenters. The number of nitrogens with one attached hydrogen (secondary N) is 1. The van der Waals surface area contributed by atoms with Gasteiger partial charge in [-0.25, -0.2) is 0 Å². The number of aliphatic hydroxyl groups is 1. The Morgan fingerprint density at radius 3 is 2.68 bits per heavy atom. The summed E-state index contributed by atoms with van der Waals surface area (Å²) >= 11 is 0. The number of aromatic amines is 1. The lowest BCUT2D eigenvalue weighted by Crippen LogP contribution is -2.29. The number of carbonyl (C=O) groups is 1. The molecular formula is C26H31N5O3. The maximum atomic E-state index is 13.2. The zero-order chi connectivity index (χ0) is 24.1. The molecule has 4 rings (SSSR count). The van der Waals surface area contributed by atoms with Crippen LogP contribution in [0.4, 0.5) is 5.69 Å². The Bertz CT molecular complexity index is 1260. The summed E-state index contributed by atoms with van der Waals surface area (Å²) in [5.41, 5.74) is 4.02. The number of aliphatic imine (C=N–C) groups is 1. The first-order valence-electron chi connectivity index (χ1n) is 11.8. The largest absolute Gasteiger partial charge is 0.396 e. The Morgan fingerprint density at radius 2 is 1.91 bits per heavy atom. The molecule has 1 aromatic carbocycles. The first-order chi connectivity index (χ1) is 16.5. The van der Waals surface area contributed by atoms with E-state index in [0.717, 1.165) is 55.7 Å². The van der Waals surface area contributed by atoms with Crippen LogP contribution in [0.2, 0.25) is 0 Å². The van der Waals surface area contributed by atoms with Crippen molar-refractivity contribution in [1.29, 1.82) is 0 Å². The van der Waals surface area contributed by atoms with Crippen molar-refractivity contribution in [3.8, 4) is 11.3 Å². The van der Waals surface area contributed by atoms with Gasteiger partial charge in [0, 0.05) is 49.8 Å². The Balaban J connectivity index is 1.56. The van der Waals surface area contributed by atoms with Gasteiger partial charge in [0.05, 0.1) is 11.3 Å². The topological polar surface area (TPSA) is 104 Å². The van der Waals surface area contributed by atoms with Crippen molar-refractivity contribution in [2.24, 2.45) is 12.0 Å². The van der Waals surface area contributed by atoms with E-state index in [2.05, 4.69) is 32.1 Å². The molecule has 0 spiro atoms. The number of amides is 1. The minimum absolute atomic E-state index is 0.195. The van der Waals surface area contributed by atoms with Gasteiger partial charge in [-0.05, 0) is 43.5 Å². The fourth-order valence-corrected chi connectivity index (χ4v) is 4.35. The third-order valence-corrected chi connectivity index (χ3v) is 6.13. The Hall–Kier alpha value is -3.52. The maximum Gasteiger partial charge on any atom is 0.278 e. The third-order valence-electron chi connectivity index (χ3n) is 6.13. The van der Waals surface area contributed by atoms with E-state index in [4.69, 9.17) is 5.11 Å². The van der Waals surface area contributed by atoms with Crippen molar-refractivity contribution in [2.75, 3.05) is 18.1 Å². The Morgan fingerprint density at radius 1 is 1.15 bits per heavy atom. The van der Waals surface area contributed by atoms with E-state index >= 15 is 0 Å². The number of amidine groups is 1. The lowest BCUT2D eigenvalue weighted by atomic mass is 10.1. The highest BCUT2D eigenvalue weighted by Crippen LogP contribution is 2.30. The monoisotopic (exact) mass is 461 g/mol. The van der Waals surface area contributed by atoms with E-state index in [1.165, 1.54) is 4.68 Å². The fraction of sp³-hybridized carbons (Fsp3) is 0.385. The number of aliphatic hydroxyl groups excluding tert-OH is 1. The van der Waals surface area contributed by atoms with Gasteiger partial charge in [0.15, 0.2) is 0 Å². The van der Waals surface area contributed by atoms with E-state index in [9.17, 15) is 9.59 Å². The summed E-state index contributed by atoms with van der Waals surface area (Å²) in [5.74, 6) is 0.407. The molecule has 3 heterocycles. The number of hydrogen-bond acceptors (Lipinski definition) is 4. The van der Waals surface area contributed by atoms with Crippen LogP contribution in [0.1, 0.15) is 53.7 Å². The minimum atomic E-state index is -0.338. The molecular weight excluding hydrogens is 430 g/mol. The number of anilines is 1. The molecule has 0 fully saturated rings. The zero-order valence-corrected chi connectivity index (χ0v) is 19.8. The number of unbranched alkanes of at least 4 members (excludes halogenated alkanes) is 4. The number of pyridine rings is 1. The number of aryl methyl sites for hydroxylation is 2. The molecule has 0 saturated carbocycles. The van der Waals surface area contributed by atoms with E-state index < -0.39 is 0 Å². The summed E-state index contributed by atoms with van der Waals surface area (Å²) in [6.45, 7) is 2.84. The molecule has 2 N–H and O–H groups in total. The number of hydrogen-bond donors (Lipinski definition) is 2. The lowest BCUT2D eigenvalue weighted by Gasteiger charge is -2.20. The van der Waals surface area contributed by atoms with Gasteiger partial charge in [0.25, 0.3) is 11.5 Å². The normalized spacial score (nSPS) is 14.1. The molecule has 0 radical (unpaired) electrons. The third kappa shape index (κ3) is 5.17. The van der Waals surface area contributed by atoms with Crippen LogP contribution in [0, 0.1) is 6.92 Å². The molecule has 1 aliphatic heterocycles. The van der Waals surface area contributed by atoms with Crippen LogP contribution in [0.5, 0.6) is 0 Å². The van der Waals surface area contributed by atoms with Gasteiger partial charge >= 0.3 is 0 Å². The SMILES string of the molecule is Cc1cc(C(=O)N=C2Cc3ccccc3N2CCCCCCCO)cc(-c2c[nH]n(C)c2=O)n1. The molecule has 178 valence electrons. The Labute approximate surface area is 199 Å². The molecule has 0 bridgehead atoms. The number of carbonyl (C=O) groups excluding carboxylic acids is 1. The van der Waals surface area contributed by atoms with Crippen LogP contribution in [-0.4, -0.2) is 44.8 Å². The average Bonchev–Trinajstić information content (AvgIpc) is 3.34. The number of para-hydroxylation sites is 1. The van der Waals surface area contributed by atoms with Gasteiger partial charge in [0.2, 0.25) is 0 Å². The summed E-state index contributed by atoms with van der Waals surface area (Å²) in [6, 6.07) is 11.5. The van der Waals surface area contributed by atoms with Gasteiger partial charge in [-0.1, -0.05) is 37.5 Å². The molecule has 1 amide bonds. The van der Waals surface area contributed by atoms with Crippen molar-refractivity contribution in [2.45, 2.75) is 45.4 Å². The number of nitrogens with zero attached hydrogens (tertiary/aromatic N) is 4. The summed E-state index contributed by atoms with van der Waals surface area (Å²) in [7, 11) is 1.64. The van der Waals surface area contributed by atoms with Gasteiger partial charge < -0.3 is 15.1 Å². The molecule has 34 heavy (non-hydrogen) atoms. The maximum absolute atomic E-state index is 13.2. The van der Waals surface area contributed by atoms with Gasteiger partial charge in [0.1, 0.15) is 5.84 Å². The Kier molecular flexibility index (Phi) is 7.37. The first kappa shape index (κ1) is 23.6. The second-order valence-electron chi connectivity index (χ2n) is 8.72. The van der Waals surface area contributed by atoms with Crippen molar-refractivity contribution in [1.82, 2.24) is 14.8 Å². The van der Waals surface area contributed by atoms with Crippen LogP contribution in [-0.2, 0) is 13.5 Å². The van der Waals surface area contributed by atoms with Crippen molar-refractivity contribution >= 4 is 17.4 Å². The van der Waals surface area contributed by atoms with E-state index in [1.54, 1.807) is 32.3 Å². The quantitative estimate of drug-likeness (QED) is 0.474. The highest BCUT2D eigenvalue weighted by molar-refractivity contribution is 6.12. The molecule has 8 heteroatoms. The highest BCUT2D eigenvalue weighted by atomic mass is 16.3. The highest BCUT2D eigenvalue weighted by Gasteiger charge is 2.26. The second-order valence-corrected chi connectivity index (χ2v) is 8.72. The fourth-order valence-electron chi connectivity index (χ4n) is 4.35. The number of H-pyrrole nitrogens is 1. The first-order valence-corrected chi connectivity index (χ1v) is 11.8. The molecule has 1 aliphatic rings. The number of benzene rings is 1. The zero-order valence-electron chi connectivity index (χ0n) is 19.8. The molecule has 0 aliphatic carbocycles. The number of rotatable bonds is 9. The lowest BCUT2D eigenvalue weighted by molar-refractivity contribution is 0.100. The summed E-state index contributed by atoms with van der Waals surface area (Å²) < 4.78 is 1.37. The molecule has 8 nitrogen and oxygen atoms in total. The van der Waals surface area contributed by atoms with Crippen LogP contribution in [0.3, 0.4) is 0 Å². The van der Waals surface area contributed by atoms with Crippen LogP contribution in [0.15, 0.2) is 52.4 Å². The predicted octanol–water partition coefficient (Wildman–Crippen LogP) is 3.63. The van der Waals surface area contributed by atoms with Crippen LogP contribution < -0.4 is 10.5 Å². The van der Waals surface area contributed by atoms with Crippen molar-refractivity contribution in [3.05, 3.63) is 69.8 Å². The van der Waals surface area contributed by atoms with E-state index in [1.807, 2.05) is 12.1 Å². The summed E-state index contributed by atoms with van der Waals surface area (Å²) in [6.07, 6.45) is 7.22. The molecule has 2 aromatic heterocycles. The minimum Gasteiger partial charge on any atom is -0.396 e. The van der Waals surface area contributed by atoms with Crippen molar-refractivity contribution in [3.63, 3.8) is 0 Å².